The molecule has 1 heterocycles. The van der Waals surface area contributed by atoms with Gasteiger partial charge in [0, 0.05) is 19.5 Å². The van der Waals surface area contributed by atoms with Crippen molar-refractivity contribution in [1.82, 2.24) is 4.90 Å². The maximum atomic E-state index is 12.0. The van der Waals surface area contributed by atoms with Crippen LogP contribution in [0, 0.1) is 11.8 Å². The zero-order valence-electron chi connectivity index (χ0n) is 11.9. The van der Waals surface area contributed by atoms with E-state index in [4.69, 9.17) is 0 Å². The number of hydrogen-bond donors (Lipinski definition) is 0. The Morgan fingerprint density at radius 2 is 1.88 bits per heavy atom. The van der Waals surface area contributed by atoms with E-state index in [2.05, 4.69) is 13.8 Å². The summed E-state index contributed by atoms with van der Waals surface area (Å²) in [5.41, 5.74) is 0. The molecule has 0 bridgehead atoms. The normalized spacial score (nSPS) is 21.3. The molecular weight excluding hydrogens is 210 g/mol. The van der Waals surface area contributed by atoms with Crippen molar-refractivity contribution in [2.75, 3.05) is 13.6 Å². The van der Waals surface area contributed by atoms with Gasteiger partial charge in [0.15, 0.2) is 0 Å². The Labute approximate surface area is 107 Å². The molecule has 1 rings (SSSR count). The van der Waals surface area contributed by atoms with Crippen molar-refractivity contribution in [3.8, 4) is 0 Å². The smallest absolute Gasteiger partial charge is 0.225 e. The molecule has 2 heteroatoms. The lowest BCUT2D eigenvalue weighted by molar-refractivity contribution is -0.137. The van der Waals surface area contributed by atoms with Crippen LogP contribution in [0.2, 0.25) is 0 Å². The molecule has 0 saturated carbocycles. The molecule has 2 nitrogen and oxygen atoms in total. The highest BCUT2D eigenvalue weighted by Gasteiger charge is 2.26. The minimum Gasteiger partial charge on any atom is -0.346 e. The summed E-state index contributed by atoms with van der Waals surface area (Å²) in [6.45, 7) is 5.49. The third-order valence-electron chi connectivity index (χ3n) is 4.09. The molecule has 0 N–H and O–H groups in total. The van der Waals surface area contributed by atoms with E-state index in [1.807, 2.05) is 11.9 Å². The minimum absolute atomic E-state index is 0.324. The summed E-state index contributed by atoms with van der Waals surface area (Å²) in [7, 11) is 1.95. The number of rotatable bonds is 7. The van der Waals surface area contributed by atoms with E-state index in [0.29, 0.717) is 11.8 Å². The second kappa shape index (κ2) is 7.73. The van der Waals surface area contributed by atoms with Crippen molar-refractivity contribution >= 4 is 5.91 Å². The van der Waals surface area contributed by atoms with Gasteiger partial charge < -0.3 is 4.90 Å². The number of amides is 1. The van der Waals surface area contributed by atoms with E-state index in [1.165, 1.54) is 38.5 Å². The van der Waals surface area contributed by atoms with Gasteiger partial charge in [-0.25, -0.2) is 0 Å². The third-order valence-corrected chi connectivity index (χ3v) is 4.09. The molecule has 1 saturated heterocycles. The van der Waals surface area contributed by atoms with Crippen LogP contribution in [-0.4, -0.2) is 24.4 Å². The summed E-state index contributed by atoms with van der Waals surface area (Å²) in [4.78, 5) is 13.9. The number of likely N-dealkylation sites (tertiary alicyclic amines) is 1. The van der Waals surface area contributed by atoms with E-state index in [0.717, 1.165) is 25.3 Å². The highest BCUT2D eigenvalue weighted by atomic mass is 16.2. The second-order valence-electron chi connectivity index (χ2n) is 5.62. The summed E-state index contributed by atoms with van der Waals surface area (Å²) in [5.74, 6) is 1.57. The SMILES string of the molecule is CCCC(CCC)CCC1CCCN(C)C1=O. The quantitative estimate of drug-likeness (QED) is 0.661. The Kier molecular flexibility index (Phi) is 6.61. The summed E-state index contributed by atoms with van der Waals surface area (Å²) >= 11 is 0. The number of piperidine rings is 1. The number of carbonyl (C=O) groups is 1. The Morgan fingerprint density at radius 1 is 1.24 bits per heavy atom. The summed E-state index contributed by atoms with van der Waals surface area (Å²) < 4.78 is 0. The average molecular weight is 239 g/mol. The van der Waals surface area contributed by atoms with Gasteiger partial charge in [-0.1, -0.05) is 39.5 Å². The predicted octanol–water partition coefficient (Wildman–Crippen LogP) is 3.85. The largest absolute Gasteiger partial charge is 0.346 e. The van der Waals surface area contributed by atoms with Crippen molar-refractivity contribution in [1.29, 1.82) is 0 Å². The van der Waals surface area contributed by atoms with Crippen molar-refractivity contribution in [2.45, 2.75) is 65.2 Å². The van der Waals surface area contributed by atoms with Crippen LogP contribution in [0.3, 0.4) is 0 Å². The lowest BCUT2D eigenvalue weighted by atomic mass is 9.86. The molecule has 0 radical (unpaired) electrons. The molecule has 0 aliphatic carbocycles. The first-order valence-corrected chi connectivity index (χ1v) is 7.44. The van der Waals surface area contributed by atoms with E-state index in [9.17, 15) is 4.79 Å². The van der Waals surface area contributed by atoms with Crippen molar-refractivity contribution < 1.29 is 4.79 Å². The van der Waals surface area contributed by atoms with Crippen LogP contribution in [0.15, 0.2) is 0 Å². The van der Waals surface area contributed by atoms with E-state index < -0.39 is 0 Å². The highest BCUT2D eigenvalue weighted by molar-refractivity contribution is 5.79. The van der Waals surface area contributed by atoms with Gasteiger partial charge in [0.25, 0.3) is 0 Å². The van der Waals surface area contributed by atoms with Crippen LogP contribution in [0.1, 0.15) is 65.2 Å². The van der Waals surface area contributed by atoms with Crippen LogP contribution in [-0.2, 0) is 4.79 Å². The predicted molar refractivity (Wildman–Crippen MR) is 72.9 cm³/mol. The van der Waals surface area contributed by atoms with Gasteiger partial charge in [-0.2, -0.15) is 0 Å². The molecule has 1 amide bonds. The maximum absolute atomic E-state index is 12.0. The zero-order valence-corrected chi connectivity index (χ0v) is 11.9. The van der Waals surface area contributed by atoms with Crippen LogP contribution in [0.5, 0.6) is 0 Å². The molecule has 0 aromatic carbocycles. The van der Waals surface area contributed by atoms with Gasteiger partial charge in [0.05, 0.1) is 0 Å². The molecule has 0 spiro atoms. The summed E-state index contributed by atoms with van der Waals surface area (Å²) in [6, 6.07) is 0. The van der Waals surface area contributed by atoms with Crippen LogP contribution < -0.4 is 0 Å². The summed E-state index contributed by atoms with van der Waals surface area (Å²) in [6.07, 6.45) is 9.93. The van der Waals surface area contributed by atoms with Gasteiger partial charge in [0.1, 0.15) is 0 Å². The van der Waals surface area contributed by atoms with Gasteiger partial charge in [0.2, 0.25) is 5.91 Å². The molecule has 0 aromatic heterocycles. The molecule has 17 heavy (non-hydrogen) atoms. The molecule has 1 atom stereocenters. The van der Waals surface area contributed by atoms with Gasteiger partial charge in [-0.3, -0.25) is 4.79 Å². The van der Waals surface area contributed by atoms with Crippen molar-refractivity contribution in [3.63, 3.8) is 0 Å². The molecule has 100 valence electrons. The lowest BCUT2D eigenvalue weighted by Crippen LogP contribution is -2.38. The Bertz CT molecular complexity index is 221. The lowest BCUT2D eigenvalue weighted by Gasteiger charge is -2.30. The fourth-order valence-electron chi connectivity index (χ4n) is 3.07. The molecule has 1 unspecified atom stereocenters. The van der Waals surface area contributed by atoms with Crippen LogP contribution >= 0.6 is 0 Å². The zero-order chi connectivity index (χ0) is 12.7. The molecule has 1 aliphatic rings. The monoisotopic (exact) mass is 239 g/mol. The van der Waals surface area contributed by atoms with Gasteiger partial charge in [-0.05, 0) is 31.6 Å². The van der Waals surface area contributed by atoms with E-state index >= 15 is 0 Å². The number of carbonyl (C=O) groups excluding carboxylic acids is 1. The van der Waals surface area contributed by atoms with Crippen LogP contribution in [0.25, 0.3) is 0 Å². The molecule has 0 aromatic rings. The fraction of sp³-hybridized carbons (Fsp3) is 0.933. The fourth-order valence-corrected chi connectivity index (χ4v) is 3.07. The standard InChI is InChI=1S/C15H29NO/c1-4-7-13(8-5-2)10-11-14-9-6-12-16(3)15(14)17/h13-14H,4-12H2,1-3H3. The average Bonchev–Trinajstić information content (AvgIpc) is 2.31. The topological polar surface area (TPSA) is 20.3 Å². The first kappa shape index (κ1) is 14.5. The Balaban J connectivity index is 2.34. The van der Waals surface area contributed by atoms with Crippen molar-refractivity contribution in [3.05, 3.63) is 0 Å². The second-order valence-corrected chi connectivity index (χ2v) is 5.62. The first-order chi connectivity index (χ1) is 8.19. The minimum atomic E-state index is 0.324. The maximum Gasteiger partial charge on any atom is 0.225 e. The third kappa shape index (κ3) is 4.69. The molecular formula is C15H29NO. The number of nitrogens with zero attached hydrogens (tertiary/aromatic N) is 1. The summed E-state index contributed by atoms with van der Waals surface area (Å²) in [5, 5.41) is 0. The van der Waals surface area contributed by atoms with Gasteiger partial charge in [-0.15, -0.1) is 0 Å². The Morgan fingerprint density at radius 3 is 2.47 bits per heavy atom. The number of hydrogen-bond acceptors (Lipinski definition) is 1. The first-order valence-electron chi connectivity index (χ1n) is 7.44. The van der Waals surface area contributed by atoms with Crippen LogP contribution in [0.4, 0.5) is 0 Å². The van der Waals surface area contributed by atoms with Crippen molar-refractivity contribution in [2.24, 2.45) is 11.8 Å². The van der Waals surface area contributed by atoms with Gasteiger partial charge >= 0.3 is 0 Å². The molecule has 1 aliphatic heterocycles. The highest BCUT2D eigenvalue weighted by Crippen LogP contribution is 2.27. The molecule has 1 fully saturated rings. The van der Waals surface area contributed by atoms with E-state index in [-0.39, 0.29) is 0 Å². The van der Waals surface area contributed by atoms with E-state index in [1.54, 1.807) is 0 Å². The Hall–Kier alpha value is -0.530.